The van der Waals surface area contributed by atoms with Crippen molar-refractivity contribution >= 4 is 76.8 Å². The van der Waals surface area contributed by atoms with E-state index in [2.05, 4.69) is 48.5 Å². The molecule has 6 aromatic carbocycles. The van der Waals surface area contributed by atoms with Gasteiger partial charge in [-0.25, -0.2) is 0 Å². The first-order chi connectivity index (χ1) is 15.5. The molecule has 0 aliphatic heterocycles. The van der Waals surface area contributed by atoms with Crippen molar-refractivity contribution in [3.8, 4) is 11.1 Å². The maximum absolute atomic E-state index is 12.3. The Balaban J connectivity index is 1.90. The lowest BCUT2D eigenvalue weighted by Gasteiger charge is -2.18. The number of benzene rings is 6. The summed E-state index contributed by atoms with van der Waals surface area (Å²) in [6, 6.07) is 27.7. The van der Waals surface area contributed by atoms with E-state index in [1.807, 2.05) is 18.2 Å². The summed E-state index contributed by atoms with van der Waals surface area (Å²) in [6.45, 7) is 0. The maximum Gasteiger partial charge on any atom is 0.253 e. The highest BCUT2D eigenvalue weighted by molar-refractivity contribution is 6.69. The third-order valence-corrected chi connectivity index (χ3v) is 6.68. The van der Waals surface area contributed by atoms with Gasteiger partial charge in [-0.1, -0.05) is 66.7 Å². The SMILES string of the molecule is O=C(Cl)c1ccc(C(=O)Cl)c(-c2ccc3cccc4c5cccc6cccc(c2c34)c65)c1. The van der Waals surface area contributed by atoms with Crippen LogP contribution < -0.4 is 0 Å². The summed E-state index contributed by atoms with van der Waals surface area (Å²) in [5, 5.41) is 7.84. The quantitative estimate of drug-likeness (QED) is 0.154. The van der Waals surface area contributed by atoms with E-state index in [0.717, 1.165) is 37.9 Å². The van der Waals surface area contributed by atoms with E-state index in [1.54, 1.807) is 12.1 Å². The van der Waals surface area contributed by atoms with Crippen LogP contribution in [0.15, 0.2) is 84.9 Å². The Hall–Kier alpha value is -3.46. The van der Waals surface area contributed by atoms with Crippen molar-refractivity contribution in [2.24, 2.45) is 0 Å². The molecule has 0 saturated heterocycles. The third-order valence-electron chi connectivity index (χ3n) is 6.26. The van der Waals surface area contributed by atoms with Gasteiger partial charge in [0.2, 0.25) is 0 Å². The summed E-state index contributed by atoms with van der Waals surface area (Å²) in [4.78, 5) is 24.2. The summed E-state index contributed by atoms with van der Waals surface area (Å²) < 4.78 is 0. The highest BCUT2D eigenvalue weighted by atomic mass is 35.5. The topological polar surface area (TPSA) is 34.1 Å². The molecule has 152 valence electrons. The van der Waals surface area contributed by atoms with Crippen LogP contribution in [-0.4, -0.2) is 10.5 Å². The molecule has 0 radical (unpaired) electrons. The first-order valence-corrected chi connectivity index (χ1v) is 10.9. The number of halogens is 2. The molecule has 6 rings (SSSR count). The zero-order valence-corrected chi connectivity index (χ0v) is 18.2. The molecule has 0 bridgehead atoms. The maximum atomic E-state index is 12.3. The van der Waals surface area contributed by atoms with Crippen LogP contribution in [0.5, 0.6) is 0 Å². The number of carbonyl (C=O) groups excluding carboxylic acids is 2. The molecule has 4 heteroatoms. The first-order valence-electron chi connectivity index (χ1n) is 10.2. The van der Waals surface area contributed by atoms with Crippen molar-refractivity contribution in [1.29, 1.82) is 0 Å². The molecule has 0 aliphatic carbocycles. The average Bonchev–Trinajstić information content (AvgIpc) is 2.81. The van der Waals surface area contributed by atoms with Crippen LogP contribution >= 0.6 is 23.2 Å². The Morgan fingerprint density at radius 2 is 1.16 bits per heavy atom. The summed E-state index contributed by atoms with van der Waals surface area (Å²) >= 11 is 11.7. The minimum Gasteiger partial charge on any atom is -0.276 e. The molecule has 2 nitrogen and oxygen atoms in total. The molecule has 0 spiro atoms. The Morgan fingerprint density at radius 1 is 0.531 bits per heavy atom. The van der Waals surface area contributed by atoms with Crippen molar-refractivity contribution in [3.63, 3.8) is 0 Å². The van der Waals surface area contributed by atoms with E-state index >= 15 is 0 Å². The first kappa shape index (κ1) is 19.2. The van der Waals surface area contributed by atoms with Gasteiger partial charge in [0.05, 0.1) is 0 Å². The smallest absolute Gasteiger partial charge is 0.253 e. The molecule has 0 aromatic heterocycles. The molecule has 0 fully saturated rings. The summed E-state index contributed by atoms with van der Waals surface area (Å²) in [7, 11) is 0. The Kier molecular flexibility index (Phi) is 4.23. The van der Waals surface area contributed by atoms with Gasteiger partial charge in [-0.2, -0.15) is 0 Å². The van der Waals surface area contributed by atoms with Crippen LogP contribution in [-0.2, 0) is 0 Å². The minimum absolute atomic E-state index is 0.318. The number of hydrogen-bond acceptors (Lipinski definition) is 2. The molecule has 0 aliphatic rings. The van der Waals surface area contributed by atoms with Gasteiger partial charge in [-0.15, -0.1) is 0 Å². The van der Waals surface area contributed by atoms with Crippen molar-refractivity contribution in [2.45, 2.75) is 0 Å². The Labute approximate surface area is 193 Å². The van der Waals surface area contributed by atoms with Crippen LogP contribution in [0.25, 0.3) is 54.2 Å². The van der Waals surface area contributed by atoms with E-state index in [9.17, 15) is 9.59 Å². The molecule has 0 unspecified atom stereocenters. The highest BCUT2D eigenvalue weighted by Gasteiger charge is 2.20. The zero-order chi connectivity index (χ0) is 22.0. The summed E-state index contributed by atoms with van der Waals surface area (Å²) in [5.74, 6) is 0. The van der Waals surface area contributed by atoms with Gasteiger partial charge in [0.25, 0.3) is 10.5 Å². The molecule has 0 amide bonds. The summed E-state index contributed by atoms with van der Waals surface area (Å²) in [5.41, 5.74) is 2.10. The van der Waals surface area contributed by atoms with Crippen molar-refractivity contribution in [2.75, 3.05) is 0 Å². The second kappa shape index (κ2) is 7.03. The molecular formula is C28H14Cl2O2. The predicted molar refractivity (Wildman–Crippen MR) is 133 cm³/mol. The van der Waals surface area contributed by atoms with Gasteiger partial charge in [-0.3, -0.25) is 9.59 Å². The van der Waals surface area contributed by atoms with Gasteiger partial charge in [-0.05, 0) is 95.6 Å². The highest BCUT2D eigenvalue weighted by Crippen LogP contribution is 2.44. The lowest BCUT2D eigenvalue weighted by Crippen LogP contribution is -1.99. The largest absolute Gasteiger partial charge is 0.276 e. The lowest BCUT2D eigenvalue weighted by atomic mass is 9.85. The molecule has 0 atom stereocenters. The Bertz CT molecular complexity index is 1730. The monoisotopic (exact) mass is 452 g/mol. The van der Waals surface area contributed by atoms with E-state index in [4.69, 9.17) is 23.2 Å². The van der Waals surface area contributed by atoms with Crippen LogP contribution in [0, 0.1) is 0 Å². The fraction of sp³-hybridized carbons (Fsp3) is 0. The number of hydrogen-bond donors (Lipinski definition) is 0. The molecule has 0 N–H and O–H groups in total. The minimum atomic E-state index is -0.581. The van der Waals surface area contributed by atoms with Gasteiger partial charge >= 0.3 is 0 Å². The zero-order valence-electron chi connectivity index (χ0n) is 16.7. The molecule has 0 heterocycles. The normalized spacial score (nSPS) is 11.7. The number of fused-ring (bicyclic) bond motifs is 2. The van der Waals surface area contributed by atoms with Crippen LogP contribution in [0.2, 0.25) is 0 Å². The number of rotatable bonds is 3. The predicted octanol–water partition coefficient (Wildman–Crippen LogP) is 8.16. The molecular weight excluding hydrogens is 439 g/mol. The van der Waals surface area contributed by atoms with E-state index in [0.29, 0.717) is 16.7 Å². The van der Waals surface area contributed by atoms with Crippen molar-refractivity contribution in [1.82, 2.24) is 0 Å². The van der Waals surface area contributed by atoms with E-state index < -0.39 is 10.5 Å². The van der Waals surface area contributed by atoms with Crippen LogP contribution in [0.4, 0.5) is 0 Å². The lowest BCUT2D eigenvalue weighted by molar-refractivity contribution is 0.107. The molecule has 6 aromatic rings. The molecule has 32 heavy (non-hydrogen) atoms. The van der Waals surface area contributed by atoms with Crippen molar-refractivity contribution < 1.29 is 9.59 Å². The van der Waals surface area contributed by atoms with Crippen LogP contribution in [0.3, 0.4) is 0 Å². The van der Waals surface area contributed by atoms with E-state index in [1.165, 1.54) is 16.8 Å². The fourth-order valence-electron chi connectivity index (χ4n) is 4.94. The van der Waals surface area contributed by atoms with Gasteiger partial charge in [0, 0.05) is 11.1 Å². The second-order valence-electron chi connectivity index (χ2n) is 7.91. The molecule has 0 saturated carbocycles. The summed E-state index contributed by atoms with van der Waals surface area (Å²) in [6.07, 6.45) is 0. The number of carbonyl (C=O) groups is 2. The standard InChI is InChI=1S/C28H14Cl2O2/c29-27(31)17-11-13-21(28(30)32)23(14-17)20-12-10-16-6-2-8-19-18-7-1-4-15-5-3-9-22(24(15)18)26(20)25(16)19/h1-14H. The third kappa shape index (κ3) is 2.67. The second-order valence-corrected chi connectivity index (χ2v) is 8.60. The van der Waals surface area contributed by atoms with E-state index in [-0.39, 0.29) is 0 Å². The van der Waals surface area contributed by atoms with Crippen molar-refractivity contribution in [3.05, 3.63) is 96.1 Å². The van der Waals surface area contributed by atoms with Gasteiger partial charge < -0.3 is 0 Å². The van der Waals surface area contributed by atoms with Crippen LogP contribution in [0.1, 0.15) is 20.7 Å². The Morgan fingerprint density at radius 3 is 1.81 bits per heavy atom. The van der Waals surface area contributed by atoms with Gasteiger partial charge in [0.15, 0.2) is 0 Å². The fourth-order valence-corrected chi connectivity index (χ4v) is 5.22. The van der Waals surface area contributed by atoms with Gasteiger partial charge in [0.1, 0.15) is 0 Å². The average molecular weight is 453 g/mol.